The minimum atomic E-state index is 0.141. The maximum absolute atomic E-state index is 5.36. The molecule has 0 unspecified atom stereocenters. The number of methoxy groups -OCH3 is 1. The molecule has 22 heavy (non-hydrogen) atoms. The van der Waals surface area contributed by atoms with E-state index in [1.807, 2.05) is 18.2 Å². The van der Waals surface area contributed by atoms with Gasteiger partial charge in [0.2, 0.25) is 0 Å². The minimum absolute atomic E-state index is 0.141. The Morgan fingerprint density at radius 2 is 1.77 bits per heavy atom. The first-order valence-corrected chi connectivity index (χ1v) is 7.77. The van der Waals surface area contributed by atoms with Crippen molar-refractivity contribution in [3.05, 3.63) is 29.8 Å². The summed E-state index contributed by atoms with van der Waals surface area (Å²) in [5.41, 5.74) is 1.34. The van der Waals surface area contributed by atoms with E-state index >= 15 is 0 Å². The van der Waals surface area contributed by atoms with Gasteiger partial charge in [-0.2, -0.15) is 0 Å². The molecule has 1 rings (SSSR count). The molecule has 124 valence electrons. The van der Waals surface area contributed by atoms with Crippen LogP contribution >= 0.6 is 0 Å². The maximum atomic E-state index is 5.36. The Balaban J connectivity index is 2.30. The molecule has 0 saturated heterocycles. The molecule has 0 aliphatic carbocycles. The van der Waals surface area contributed by atoms with E-state index in [2.05, 4.69) is 47.8 Å². The van der Waals surface area contributed by atoms with Crippen molar-refractivity contribution in [3.63, 3.8) is 0 Å². The summed E-state index contributed by atoms with van der Waals surface area (Å²) in [5.74, 6) is 1.76. The molecule has 0 radical (unpaired) electrons. The molecule has 5 nitrogen and oxygen atoms in total. The average molecular weight is 306 g/mol. The monoisotopic (exact) mass is 306 g/mol. The predicted octanol–water partition coefficient (Wildman–Crippen LogP) is 1.79. The van der Waals surface area contributed by atoms with Gasteiger partial charge in [0.25, 0.3) is 0 Å². The van der Waals surface area contributed by atoms with E-state index in [0.29, 0.717) is 0 Å². The summed E-state index contributed by atoms with van der Waals surface area (Å²) in [6, 6.07) is 8.09. The van der Waals surface area contributed by atoms with Crippen molar-refractivity contribution >= 4 is 5.96 Å². The Labute approximate surface area is 134 Å². The zero-order chi connectivity index (χ0) is 16.4. The van der Waals surface area contributed by atoms with Crippen molar-refractivity contribution in [1.82, 2.24) is 16.0 Å². The molecule has 0 atom stereocenters. The molecule has 1 aromatic rings. The van der Waals surface area contributed by atoms with E-state index < -0.39 is 0 Å². The number of para-hydroxylation sites is 1. The number of nitrogens with zero attached hydrogens (tertiary/aromatic N) is 1. The predicted molar refractivity (Wildman–Crippen MR) is 93.8 cm³/mol. The second-order valence-electron chi connectivity index (χ2n) is 6.16. The molecule has 0 aromatic heterocycles. The van der Waals surface area contributed by atoms with Crippen molar-refractivity contribution in [2.45, 2.75) is 32.7 Å². The summed E-state index contributed by atoms with van der Waals surface area (Å²) < 4.78 is 5.36. The smallest absolute Gasteiger partial charge is 0.191 e. The summed E-state index contributed by atoms with van der Waals surface area (Å²) >= 11 is 0. The number of benzene rings is 1. The van der Waals surface area contributed by atoms with Crippen LogP contribution in [0.15, 0.2) is 29.3 Å². The van der Waals surface area contributed by atoms with Crippen LogP contribution in [0.2, 0.25) is 0 Å². The van der Waals surface area contributed by atoms with Gasteiger partial charge in [-0.05, 0) is 38.8 Å². The van der Waals surface area contributed by atoms with Crippen LogP contribution in [-0.2, 0) is 6.42 Å². The van der Waals surface area contributed by atoms with Gasteiger partial charge in [0.15, 0.2) is 5.96 Å². The molecule has 0 heterocycles. The lowest BCUT2D eigenvalue weighted by atomic mass is 10.1. The molecule has 0 bridgehead atoms. The van der Waals surface area contributed by atoms with E-state index in [-0.39, 0.29) is 5.54 Å². The molecule has 0 aliphatic heterocycles. The lowest BCUT2D eigenvalue weighted by Crippen LogP contribution is -2.44. The number of hydrogen-bond donors (Lipinski definition) is 3. The number of aliphatic imine (C=N–C) groups is 1. The zero-order valence-corrected chi connectivity index (χ0v) is 14.5. The quantitative estimate of drug-likeness (QED) is 0.408. The third-order valence-electron chi connectivity index (χ3n) is 3.18. The highest BCUT2D eigenvalue weighted by Crippen LogP contribution is 2.17. The summed E-state index contributed by atoms with van der Waals surface area (Å²) in [6.07, 6.45) is 0.894. The average Bonchev–Trinajstić information content (AvgIpc) is 2.49. The Kier molecular flexibility index (Phi) is 7.74. The lowest BCUT2D eigenvalue weighted by molar-refractivity contribution is 0.409. The lowest BCUT2D eigenvalue weighted by Gasteiger charge is -2.21. The minimum Gasteiger partial charge on any atom is -0.496 e. The third-order valence-corrected chi connectivity index (χ3v) is 3.18. The molecule has 0 saturated carbocycles. The van der Waals surface area contributed by atoms with Gasteiger partial charge in [-0.25, -0.2) is 0 Å². The summed E-state index contributed by atoms with van der Waals surface area (Å²) in [7, 11) is 3.49. The second kappa shape index (κ2) is 9.30. The highest BCUT2D eigenvalue weighted by Gasteiger charge is 2.07. The van der Waals surface area contributed by atoms with Crippen molar-refractivity contribution in [1.29, 1.82) is 0 Å². The fourth-order valence-corrected chi connectivity index (χ4v) is 2.06. The van der Waals surface area contributed by atoms with Gasteiger partial charge in [0.05, 0.1) is 7.11 Å². The van der Waals surface area contributed by atoms with Gasteiger partial charge in [-0.3, -0.25) is 4.99 Å². The Morgan fingerprint density at radius 3 is 2.41 bits per heavy atom. The fourth-order valence-electron chi connectivity index (χ4n) is 2.06. The molecule has 5 heteroatoms. The largest absolute Gasteiger partial charge is 0.496 e. The number of hydrogen-bond acceptors (Lipinski definition) is 3. The van der Waals surface area contributed by atoms with Gasteiger partial charge in [0.1, 0.15) is 5.75 Å². The summed E-state index contributed by atoms with van der Waals surface area (Å²) in [4.78, 5) is 4.23. The standard InChI is InChI=1S/C17H30N4O/c1-17(2,3)21-13-12-20-16(18-4)19-11-10-14-8-6-7-9-15(14)22-5/h6-9,21H,10-13H2,1-5H3,(H2,18,19,20). The molecular formula is C17H30N4O. The first-order chi connectivity index (χ1) is 10.5. The Hall–Kier alpha value is -1.75. The molecular weight excluding hydrogens is 276 g/mol. The third kappa shape index (κ3) is 7.31. The topological polar surface area (TPSA) is 57.7 Å². The van der Waals surface area contributed by atoms with Crippen LogP contribution in [0.5, 0.6) is 5.75 Å². The van der Waals surface area contributed by atoms with Crippen LogP contribution in [-0.4, -0.2) is 45.3 Å². The van der Waals surface area contributed by atoms with E-state index in [4.69, 9.17) is 4.74 Å². The first-order valence-electron chi connectivity index (χ1n) is 7.77. The van der Waals surface area contributed by atoms with E-state index in [1.54, 1.807) is 14.2 Å². The maximum Gasteiger partial charge on any atom is 0.191 e. The van der Waals surface area contributed by atoms with Crippen LogP contribution in [0, 0.1) is 0 Å². The summed E-state index contributed by atoms with van der Waals surface area (Å²) in [6.45, 7) is 9.03. The van der Waals surface area contributed by atoms with Gasteiger partial charge in [0, 0.05) is 32.2 Å². The molecule has 0 aliphatic rings. The van der Waals surface area contributed by atoms with Gasteiger partial charge < -0.3 is 20.7 Å². The highest BCUT2D eigenvalue weighted by atomic mass is 16.5. The normalized spacial score (nSPS) is 12.1. The van der Waals surface area contributed by atoms with Crippen LogP contribution in [0.1, 0.15) is 26.3 Å². The highest BCUT2D eigenvalue weighted by molar-refractivity contribution is 5.79. The van der Waals surface area contributed by atoms with Gasteiger partial charge in [-0.1, -0.05) is 18.2 Å². The molecule has 0 spiro atoms. The van der Waals surface area contributed by atoms with Gasteiger partial charge in [-0.15, -0.1) is 0 Å². The van der Waals surface area contributed by atoms with Crippen molar-refractivity contribution in [2.24, 2.45) is 4.99 Å². The van der Waals surface area contributed by atoms with Crippen LogP contribution in [0.4, 0.5) is 0 Å². The SMILES string of the molecule is CN=C(NCCNC(C)(C)C)NCCc1ccccc1OC. The number of ether oxygens (including phenoxy) is 1. The Bertz CT molecular complexity index is 466. The molecule has 0 fully saturated rings. The van der Waals surface area contributed by atoms with Crippen LogP contribution in [0.3, 0.4) is 0 Å². The van der Waals surface area contributed by atoms with Crippen molar-refractivity contribution in [2.75, 3.05) is 33.8 Å². The Morgan fingerprint density at radius 1 is 1.09 bits per heavy atom. The molecule has 3 N–H and O–H groups in total. The number of guanidine groups is 1. The molecule has 1 aromatic carbocycles. The van der Waals surface area contributed by atoms with Gasteiger partial charge >= 0.3 is 0 Å². The zero-order valence-electron chi connectivity index (χ0n) is 14.5. The first kappa shape index (κ1) is 18.3. The van der Waals surface area contributed by atoms with Crippen molar-refractivity contribution in [3.8, 4) is 5.75 Å². The fraction of sp³-hybridized carbons (Fsp3) is 0.588. The van der Waals surface area contributed by atoms with E-state index in [9.17, 15) is 0 Å². The second-order valence-corrected chi connectivity index (χ2v) is 6.16. The van der Waals surface area contributed by atoms with Crippen LogP contribution in [0.25, 0.3) is 0 Å². The van der Waals surface area contributed by atoms with E-state index in [1.165, 1.54) is 5.56 Å². The van der Waals surface area contributed by atoms with E-state index in [0.717, 1.165) is 37.8 Å². The van der Waals surface area contributed by atoms with Crippen molar-refractivity contribution < 1.29 is 4.74 Å². The number of rotatable bonds is 7. The molecule has 0 amide bonds. The van der Waals surface area contributed by atoms with Crippen LogP contribution < -0.4 is 20.7 Å². The summed E-state index contributed by atoms with van der Waals surface area (Å²) in [5, 5.41) is 10.1. The number of nitrogens with one attached hydrogen (secondary N) is 3.